The van der Waals surface area contributed by atoms with E-state index in [4.69, 9.17) is 0 Å². The van der Waals surface area contributed by atoms with Gasteiger partial charge in [0.05, 0.1) is 17.4 Å². The van der Waals surface area contributed by atoms with Gasteiger partial charge >= 0.3 is 0 Å². The van der Waals surface area contributed by atoms with Gasteiger partial charge in [-0.15, -0.1) is 0 Å². The van der Waals surface area contributed by atoms with E-state index < -0.39 is 0 Å². The summed E-state index contributed by atoms with van der Waals surface area (Å²) in [6.07, 6.45) is 3.30. The van der Waals surface area contributed by atoms with E-state index in [9.17, 15) is 10.1 Å². The van der Waals surface area contributed by atoms with Crippen LogP contribution in [0, 0.1) is 11.3 Å². The summed E-state index contributed by atoms with van der Waals surface area (Å²) in [5.41, 5.74) is 1.74. The average molecular weight is 347 g/mol. The molecule has 0 unspecified atom stereocenters. The van der Waals surface area contributed by atoms with Gasteiger partial charge in [0.1, 0.15) is 17.5 Å². The summed E-state index contributed by atoms with van der Waals surface area (Å²) < 4.78 is 1.58. The van der Waals surface area contributed by atoms with Gasteiger partial charge in [-0.05, 0) is 18.2 Å². The van der Waals surface area contributed by atoms with Crippen LogP contribution in [-0.2, 0) is 0 Å². The highest BCUT2D eigenvalue weighted by atomic mass is 16.1. The minimum atomic E-state index is -0.340. The number of benzene rings is 1. The van der Waals surface area contributed by atoms with Gasteiger partial charge in [-0.2, -0.15) is 10.4 Å². The smallest absolute Gasteiger partial charge is 0.261 e. The van der Waals surface area contributed by atoms with Gasteiger partial charge in [-0.25, -0.2) is 9.50 Å². The molecule has 0 atom stereocenters. The Hall–Kier alpha value is -3.44. The van der Waals surface area contributed by atoms with Crippen LogP contribution < -0.4 is 15.5 Å². The van der Waals surface area contributed by atoms with Crippen molar-refractivity contribution in [3.63, 3.8) is 0 Å². The molecule has 2 N–H and O–H groups in total. The lowest BCUT2D eigenvalue weighted by Gasteiger charge is -2.28. The molecule has 130 valence electrons. The van der Waals surface area contributed by atoms with Crippen molar-refractivity contribution in [2.75, 3.05) is 36.4 Å². The molecule has 0 bridgehead atoms. The van der Waals surface area contributed by atoms with Gasteiger partial charge in [-0.3, -0.25) is 4.79 Å². The van der Waals surface area contributed by atoms with Crippen LogP contribution in [-0.4, -0.2) is 46.7 Å². The Labute approximate surface area is 150 Å². The van der Waals surface area contributed by atoms with Crippen LogP contribution in [0.2, 0.25) is 0 Å². The van der Waals surface area contributed by atoms with Gasteiger partial charge in [0.2, 0.25) is 0 Å². The summed E-state index contributed by atoms with van der Waals surface area (Å²) >= 11 is 0. The van der Waals surface area contributed by atoms with Gasteiger partial charge in [0.15, 0.2) is 5.65 Å². The Balaban J connectivity index is 1.65. The van der Waals surface area contributed by atoms with Gasteiger partial charge in [-0.1, -0.05) is 12.1 Å². The van der Waals surface area contributed by atoms with E-state index in [1.54, 1.807) is 35.0 Å². The summed E-state index contributed by atoms with van der Waals surface area (Å²) in [6.45, 7) is 3.55. The second kappa shape index (κ2) is 6.82. The minimum absolute atomic E-state index is 0.340. The van der Waals surface area contributed by atoms with Crippen molar-refractivity contribution < 1.29 is 4.79 Å². The number of fused-ring (bicyclic) bond motifs is 1. The normalized spacial score (nSPS) is 14.2. The first-order valence-corrected chi connectivity index (χ1v) is 8.37. The first kappa shape index (κ1) is 16.1. The van der Waals surface area contributed by atoms with Crippen LogP contribution in [0.1, 0.15) is 15.9 Å². The Kier molecular flexibility index (Phi) is 4.21. The van der Waals surface area contributed by atoms with Gasteiger partial charge in [0.25, 0.3) is 5.91 Å². The maximum Gasteiger partial charge on any atom is 0.261 e. The van der Waals surface area contributed by atoms with E-state index in [0.29, 0.717) is 22.5 Å². The largest absolute Gasteiger partial charge is 0.354 e. The molecule has 3 aromatic rings. The molecule has 0 saturated carbocycles. The van der Waals surface area contributed by atoms with E-state index in [1.165, 1.54) is 6.20 Å². The lowest BCUT2D eigenvalue weighted by molar-refractivity contribution is 0.102. The Morgan fingerprint density at radius 1 is 1.23 bits per heavy atom. The Morgan fingerprint density at radius 2 is 2.04 bits per heavy atom. The quantitative estimate of drug-likeness (QED) is 0.740. The number of carbonyl (C=O) groups is 1. The molecule has 1 aliphatic rings. The lowest BCUT2D eigenvalue weighted by atomic mass is 10.2. The number of hydrogen-bond donors (Lipinski definition) is 2. The first-order chi connectivity index (χ1) is 12.8. The highest BCUT2D eigenvalue weighted by Gasteiger charge is 2.18. The summed E-state index contributed by atoms with van der Waals surface area (Å²) in [7, 11) is 0. The highest BCUT2D eigenvalue weighted by molar-refractivity contribution is 6.08. The summed E-state index contributed by atoms with van der Waals surface area (Å²) in [5.74, 6) is 0.485. The predicted octanol–water partition coefficient (Wildman–Crippen LogP) is 1.26. The Bertz CT molecular complexity index is 998. The molecule has 1 aromatic carbocycles. The second-order valence-electron chi connectivity index (χ2n) is 5.96. The van der Waals surface area contributed by atoms with Crippen LogP contribution in [0.5, 0.6) is 0 Å². The van der Waals surface area contributed by atoms with Crippen LogP contribution in [0.25, 0.3) is 5.65 Å². The molecular formula is C18H17N7O. The number of hydrogen-bond acceptors (Lipinski definition) is 6. The highest BCUT2D eigenvalue weighted by Crippen LogP contribution is 2.19. The topological polar surface area (TPSA) is 98.3 Å². The SMILES string of the molecule is N#Cc1ccccc1NC(=O)c1cnn2ccc(N3CCNCC3)nc12. The van der Waals surface area contributed by atoms with E-state index in [0.717, 1.165) is 32.0 Å². The molecule has 0 spiro atoms. The fourth-order valence-electron chi connectivity index (χ4n) is 2.97. The number of nitrogens with zero attached hydrogens (tertiary/aromatic N) is 5. The number of anilines is 2. The van der Waals surface area contributed by atoms with E-state index in [-0.39, 0.29) is 5.91 Å². The zero-order valence-electron chi connectivity index (χ0n) is 14.0. The molecule has 2 aromatic heterocycles. The monoisotopic (exact) mass is 347 g/mol. The molecule has 3 heterocycles. The molecular weight excluding hydrogens is 330 g/mol. The van der Waals surface area contributed by atoms with Gasteiger partial charge < -0.3 is 15.5 Å². The molecule has 26 heavy (non-hydrogen) atoms. The maximum atomic E-state index is 12.7. The molecule has 4 rings (SSSR count). The molecule has 0 aliphatic carbocycles. The van der Waals surface area contributed by atoms with Crippen molar-refractivity contribution in [2.45, 2.75) is 0 Å². The predicted molar refractivity (Wildman–Crippen MR) is 97.2 cm³/mol. The zero-order chi connectivity index (χ0) is 17.9. The van der Waals surface area contributed by atoms with Crippen molar-refractivity contribution in [1.29, 1.82) is 5.26 Å². The standard InChI is InChI=1S/C18H17N7O/c19-11-13-3-1-2-4-15(13)22-18(26)14-12-21-25-8-5-16(23-17(14)25)24-9-6-20-7-10-24/h1-5,8,12,20H,6-7,9-10H2,(H,22,26). The second-order valence-corrected chi connectivity index (χ2v) is 5.96. The Morgan fingerprint density at radius 3 is 2.85 bits per heavy atom. The van der Waals surface area contributed by atoms with Crippen molar-refractivity contribution in [2.24, 2.45) is 0 Å². The van der Waals surface area contributed by atoms with Gasteiger partial charge in [0, 0.05) is 32.4 Å². The summed E-state index contributed by atoms with van der Waals surface area (Å²) in [5, 5.41) is 19.5. The van der Waals surface area contributed by atoms with Crippen LogP contribution >= 0.6 is 0 Å². The molecule has 1 amide bonds. The van der Waals surface area contributed by atoms with E-state index >= 15 is 0 Å². The van der Waals surface area contributed by atoms with E-state index in [1.807, 2.05) is 6.07 Å². The summed E-state index contributed by atoms with van der Waals surface area (Å²) in [4.78, 5) is 19.5. The summed E-state index contributed by atoms with van der Waals surface area (Å²) in [6, 6.07) is 10.9. The molecule has 8 nitrogen and oxygen atoms in total. The number of para-hydroxylation sites is 1. The molecule has 1 saturated heterocycles. The van der Waals surface area contributed by atoms with E-state index in [2.05, 4.69) is 31.7 Å². The first-order valence-electron chi connectivity index (χ1n) is 8.37. The number of nitriles is 1. The van der Waals surface area contributed by atoms with Crippen molar-refractivity contribution >= 4 is 23.1 Å². The number of carbonyl (C=O) groups excluding carboxylic acids is 1. The average Bonchev–Trinajstić information content (AvgIpc) is 3.12. The maximum absolute atomic E-state index is 12.7. The third-order valence-electron chi connectivity index (χ3n) is 4.34. The zero-order valence-corrected chi connectivity index (χ0v) is 14.0. The van der Waals surface area contributed by atoms with Crippen molar-refractivity contribution in [1.82, 2.24) is 19.9 Å². The van der Waals surface area contributed by atoms with Crippen LogP contribution in [0.15, 0.2) is 42.7 Å². The lowest BCUT2D eigenvalue weighted by Crippen LogP contribution is -2.43. The number of rotatable bonds is 3. The van der Waals surface area contributed by atoms with Crippen molar-refractivity contribution in [3.8, 4) is 6.07 Å². The number of piperazine rings is 1. The molecule has 0 radical (unpaired) electrons. The molecule has 1 fully saturated rings. The third kappa shape index (κ3) is 2.96. The van der Waals surface area contributed by atoms with Crippen LogP contribution in [0.3, 0.4) is 0 Å². The minimum Gasteiger partial charge on any atom is -0.354 e. The number of amides is 1. The number of aromatic nitrogens is 3. The fraction of sp³-hybridized carbons (Fsp3) is 0.222. The van der Waals surface area contributed by atoms with Crippen LogP contribution in [0.4, 0.5) is 11.5 Å². The molecule has 1 aliphatic heterocycles. The van der Waals surface area contributed by atoms with Crippen molar-refractivity contribution in [3.05, 3.63) is 53.9 Å². The third-order valence-corrected chi connectivity index (χ3v) is 4.34. The molecule has 8 heteroatoms. The fourth-order valence-corrected chi connectivity index (χ4v) is 2.97. The number of nitrogens with one attached hydrogen (secondary N) is 2.